The number of rotatable bonds is 24. The standard InChI is InChI=1S/C44H34F2N6O8.C26H19F2IN4O2.C18H16N2O6/c45-44(46)51-36-13-14-47-24-35(36)32-8-3-25(18-38(32)51)26-4-12-40(49-22-26)60-31-19-30(20-31)59-29-6-5-27(48-23-29)2-1-15-57-16-17-58-28-7-9-33-34(21-28)43(56)52(42(33)55)37-10-11-39(53)50-41(37)54;27-26(28)33-22-7-8-30-14-21(22)20-4-1-15(9-23(20)33)16-2-6-25(32-12-16)35-19-10-18(11-19)34-17-3-5-24(29)31-13-17;1-2-7-25-8-9-26-11-3-4-12-13(10-11)18(24)20(17(12)23)14-5-6-15(21)19-16(14)22/h3-9,12-14,18,21-24,30-31,37,44H,10-11,15-17,19-20H2,(H,50,53,54);1-9,12-14,18-19,26H,10-11H2;1,3-4,10,14H,5-9H2,(H,19,21,22). The zero-order chi connectivity index (χ0) is 84.0. The van der Waals surface area contributed by atoms with Crippen LogP contribution < -0.4 is 39.1 Å². The fourth-order valence-corrected chi connectivity index (χ4v) is 15.1. The lowest BCUT2D eigenvalue weighted by Gasteiger charge is -2.34. The maximum absolute atomic E-state index is 14.0. The molecule has 18 rings (SSSR count). The summed E-state index contributed by atoms with van der Waals surface area (Å²) < 4.78 is 105. The van der Waals surface area contributed by atoms with Crippen molar-refractivity contribution in [2.24, 2.45) is 0 Å². The largest absolute Gasteiger partial charge is 0.491 e. The minimum Gasteiger partial charge on any atom is -0.491 e. The number of alkyl halides is 4. The maximum atomic E-state index is 14.0. The lowest BCUT2D eigenvalue weighted by Crippen LogP contribution is -2.54. The molecule has 28 nitrogen and oxygen atoms in total. The van der Waals surface area contributed by atoms with E-state index in [0.717, 1.165) is 68.9 Å². The summed E-state index contributed by atoms with van der Waals surface area (Å²) in [4.78, 5) is 126. The Morgan fingerprint density at radius 2 is 0.884 bits per heavy atom. The van der Waals surface area contributed by atoms with E-state index in [1.165, 1.54) is 36.7 Å². The van der Waals surface area contributed by atoms with Gasteiger partial charge in [-0.1, -0.05) is 36.1 Å². The van der Waals surface area contributed by atoms with Crippen LogP contribution in [0, 0.1) is 27.9 Å². The van der Waals surface area contributed by atoms with Crippen LogP contribution in [0.5, 0.6) is 34.8 Å². The van der Waals surface area contributed by atoms with Gasteiger partial charge in [0.1, 0.15) is 95.3 Å². The Morgan fingerprint density at radius 1 is 0.438 bits per heavy atom. The predicted molar refractivity (Wildman–Crippen MR) is 435 cm³/mol. The number of terminal acetylenes is 1. The van der Waals surface area contributed by atoms with Crippen molar-refractivity contribution in [3.63, 3.8) is 0 Å². The van der Waals surface area contributed by atoms with Crippen molar-refractivity contribution in [1.82, 2.24) is 59.5 Å². The Hall–Kier alpha value is -13.8. The molecule has 0 spiro atoms. The minimum absolute atomic E-state index is 0.0422. The number of halogens is 5. The SMILES string of the molecule is C#CCOCCOc1ccc2c(c1)C(=O)N(C1CCC(=O)NC1=O)C2=O.FC(F)n1c2ccncc2c2ccc(-c3ccc(OC4CC(Oc5ccc(I)nc5)C4)nc3)cc21.O=C1CCC(N2C(=O)c3ccc(OCCOCC#Cc4ccc(OC5CC(Oc6ccc(-c7ccc8c9cnccc9n(C(F)F)c8c7)cn6)C5)cn4)cc3C2=O)C(=O)N1. The number of aromatic nitrogens is 8. The summed E-state index contributed by atoms with van der Waals surface area (Å²) in [5.41, 5.74) is 6.17. The highest BCUT2D eigenvalue weighted by Crippen LogP contribution is 2.40. The van der Waals surface area contributed by atoms with Crippen LogP contribution in [0.15, 0.2) is 183 Å². The van der Waals surface area contributed by atoms with E-state index in [-0.39, 0.29) is 112 Å². The Morgan fingerprint density at radius 3 is 1.31 bits per heavy atom. The van der Waals surface area contributed by atoms with Gasteiger partial charge in [0.15, 0.2) is 0 Å². The van der Waals surface area contributed by atoms with Gasteiger partial charge in [-0.05, 0) is 150 Å². The van der Waals surface area contributed by atoms with Crippen molar-refractivity contribution in [2.45, 2.75) is 101 Å². The topological polar surface area (TPSA) is 328 Å². The highest BCUT2D eigenvalue weighted by molar-refractivity contribution is 14.1. The first-order valence-electron chi connectivity index (χ1n) is 38.3. The lowest BCUT2D eigenvalue weighted by atomic mass is 9.92. The molecule has 2 aliphatic carbocycles. The van der Waals surface area contributed by atoms with Gasteiger partial charge in [0.2, 0.25) is 35.4 Å². The third kappa shape index (κ3) is 17.7. The van der Waals surface area contributed by atoms with Crippen molar-refractivity contribution in [2.75, 3.05) is 39.6 Å². The highest BCUT2D eigenvalue weighted by Gasteiger charge is 2.47. The van der Waals surface area contributed by atoms with Crippen LogP contribution in [-0.4, -0.2) is 172 Å². The number of carbonyl (C=O) groups is 8. The van der Waals surface area contributed by atoms with Crippen molar-refractivity contribution < 1.29 is 93.8 Å². The molecule has 6 aliphatic rings. The van der Waals surface area contributed by atoms with E-state index in [1.807, 2.05) is 54.6 Å². The molecule has 4 fully saturated rings. The summed E-state index contributed by atoms with van der Waals surface area (Å²) >= 11 is 2.16. The third-order valence-electron chi connectivity index (χ3n) is 20.9. The summed E-state index contributed by atoms with van der Waals surface area (Å²) in [5, 5.41) is 7.16. The quantitative estimate of drug-likeness (QED) is 0.0142. The fourth-order valence-electron chi connectivity index (χ4n) is 14.8. The molecule has 8 aromatic heterocycles. The zero-order valence-corrected chi connectivity index (χ0v) is 66.0. The molecule has 12 heterocycles. The number of piperidine rings is 2. The van der Waals surface area contributed by atoms with Crippen molar-refractivity contribution in [3.8, 4) is 81.2 Å². The van der Waals surface area contributed by atoms with Gasteiger partial charge in [0, 0.05) is 121 Å². The second-order valence-electron chi connectivity index (χ2n) is 28.5. The number of fused-ring (bicyclic) bond motifs is 8. The normalized spacial score (nSPS) is 18.4. The molecule has 33 heteroatoms. The Labute approximate surface area is 699 Å². The molecular weight excluding hydrogens is 1680 g/mol. The van der Waals surface area contributed by atoms with E-state index in [2.05, 4.69) is 80.9 Å². The van der Waals surface area contributed by atoms with Gasteiger partial charge >= 0.3 is 13.1 Å². The maximum Gasteiger partial charge on any atom is 0.319 e. The average Bonchev–Trinajstić information content (AvgIpc) is 1.61. The van der Waals surface area contributed by atoms with Crippen molar-refractivity contribution >= 4 is 113 Å². The predicted octanol–water partition coefficient (Wildman–Crippen LogP) is 12.6. The second-order valence-corrected chi connectivity index (χ2v) is 29.6. The molecule has 2 atom stereocenters. The molecule has 2 unspecified atom stereocenters. The van der Waals surface area contributed by atoms with Crippen LogP contribution in [-0.2, 0) is 28.7 Å². The average molecular weight is 1750 g/mol. The molecule has 2 N–H and O–H groups in total. The van der Waals surface area contributed by atoms with Crippen LogP contribution in [0.2, 0.25) is 0 Å². The van der Waals surface area contributed by atoms with E-state index >= 15 is 0 Å². The van der Waals surface area contributed by atoms with Crippen LogP contribution in [0.4, 0.5) is 17.6 Å². The fraction of sp³-hybridized carbons (Fsp3) is 0.250. The second kappa shape index (κ2) is 35.8. The molecule has 0 bridgehead atoms. The number of pyridine rings is 6. The summed E-state index contributed by atoms with van der Waals surface area (Å²) in [7, 11) is 0. The van der Waals surface area contributed by atoms with Gasteiger partial charge in [-0.2, -0.15) is 17.6 Å². The first-order valence-corrected chi connectivity index (χ1v) is 39.4. The van der Waals surface area contributed by atoms with E-state index in [0.29, 0.717) is 85.8 Å². The Bertz CT molecular complexity index is 6150. The third-order valence-corrected chi connectivity index (χ3v) is 21.5. The van der Waals surface area contributed by atoms with Crippen LogP contribution in [0.25, 0.3) is 65.9 Å². The van der Waals surface area contributed by atoms with Gasteiger partial charge in [-0.15, -0.1) is 6.42 Å². The molecular formula is C88H69F4IN12O16. The number of nitrogens with zero attached hydrogens (tertiary/aromatic N) is 10. The number of hydrogen-bond acceptors (Lipinski definition) is 22. The first-order chi connectivity index (χ1) is 58.8. The number of nitrogens with one attached hydrogen (secondary N) is 2. The van der Waals surface area contributed by atoms with Crippen molar-refractivity contribution in [3.05, 3.63) is 215 Å². The number of benzene rings is 4. The summed E-state index contributed by atoms with van der Waals surface area (Å²) in [6.07, 6.45) is 21.3. The van der Waals surface area contributed by atoms with E-state index < -0.39 is 72.4 Å². The minimum atomic E-state index is -2.70. The molecule has 0 radical (unpaired) electrons. The summed E-state index contributed by atoms with van der Waals surface area (Å²) in [6.45, 7) is -4.14. The number of hydrogen-bond donors (Lipinski definition) is 2. The van der Waals surface area contributed by atoms with Crippen LogP contribution in [0.1, 0.15) is 112 Å². The molecule has 12 aromatic rings. The van der Waals surface area contributed by atoms with Gasteiger partial charge in [0.05, 0.1) is 69.9 Å². The highest BCUT2D eigenvalue weighted by atomic mass is 127. The Balaban J connectivity index is 0.000000150. The van der Waals surface area contributed by atoms with Gasteiger partial charge in [-0.3, -0.25) is 77.9 Å². The van der Waals surface area contributed by atoms with E-state index in [9.17, 15) is 55.9 Å². The number of carbonyl (C=O) groups excluding carboxylic acids is 8. The molecule has 4 aliphatic heterocycles. The monoisotopic (exact) mass is 1750 g/mol. The summed E-state index contributed by atoms with van der Waals surface area (Å²) in [5.74, 6) is 6.84. The Kier molecular flexibility index (Phi) is 24.0. The van der Waals surface area contributed by atoms with Crippen molar-refractivity contribution in [1.29, 1.82) is 0 Å². The molecule has 121 heavy (non-hydrogen) atoms. The molecule has 4 aromatic carbocycles. The molecule has 2 saturated carbocycles. The molecule has 612 valence electrons. The first kappa shape index (κ1) is 81.0. The molecule has 2 saturated heterocycles. The van der Waals surface area contributed by atoms with E-state index in [4.69, 9.17) is 44.3 Å². The number of imide groups is 4. The molecule has 8 amide bonds. The smallest absolute Gasteiger partial charge is 0.319 e. The zero-order valence-electron chi connectivity index (χ0n) is 63.8. The number of ether oxygens (including phenoxy) is 8. The van der Waals surface area contributed by atoms with Crippen LogP contribution in [0.3, 0.4) is 0 Å². The number of amides is 8. The van der Waals surface area contributed by atoms with Crippen LogP contribution >= 0.6 is 22.6 Å². The van der Waals surface area contributed by atoms with E-state index in [1.54, 1.807) is 91.8 Å². The van der Waals surface area contributed by atoms with Gasteiger partial charge in [-0.25, -0.2) is 19.9 Å². The lowest BCUT2D eigenvalue weighted by molar-refractivity contribution is -0.137. The van der Waals surface area contributed by atoms with Gasteiger partial charge < -0.3 is 37.9 Å². The summed E-state index contributed by atoms with van der Waals surface area (Å²) in [6, 6.07) is 35.9. The van der Waals surface area contributed by atoms with Gasteiger partial charge in [0.25, 0.3) is 23.6 Å².